The van der Waals surface area contributed by atoms with Crippen molar-refractivity contribution in [2.75, 3.05) is 0 Å². The molecular weight excluding hydrogens is 294 g/mol. The standard InChI is InChI=1S/C16H17N5O2/c1-10(19-16(22)15-11(2)20-23-12(15)3)13-4-6-14(7-5-13)21-9-17-8-18-21/h4-10H,1-3H3,(H,19,22). The Morgan fingerprint density at radius 3 is 2.57 bits per heavy atom. The molecule has 1 aromatic carbocycles. The molecule has 1 unspecified atom stereocenters. The number of benzene rings is 1. The molecule has 7 heteroatoms. The van der Waals surface area contributed by atoms with Gasteiger partial charge in [-0.1, -0.05) is 17.3 Å². The fraction of sp³-hybridized carbons (Fsp3) is 0.250. The highest BCUT2D eigenvalue weighted by atomic mass is 16.5. The zero-order chi connectivity index (χ0) is 16.4. The lowest BCUT2D eigenvalue weighted by atomic mass is 10.1. The summed E-state index contributed by atoms with van der Waals surface area (Å²) in [7, 11) is 0. The van der Waals surface area contributed by atoms with Crippen LogP contribution in [0.25, 0.3) is 5.69 Å². The van der Waals surface area contributed by atoms with Gasteiger partial charge in [-0.15, -0.1) is 0 Å². The first kappa shape index (κ1) is 15.0. The van der Waals surface area contributed by atoms with Gasteiger partial charge in [-0.3, -0.25) is 4.79 Å². The fourth-order valence-corrected chi connectivity index (χ4v) is 2.42. The minimum Gasteiger partial charge on any atom is -0.361 e. The highest BCUT2D eigenvalue weighted by Gasteiger charge is 2.19. The summed E-state index contributed by atoms with van der Waals surface area (Å²) in [6, 6.07) is 7.64. The molecule has 3 aromatic rings. The Bertz CT molecular complexity index is 786. The summed E-state index contributed by atoms with van der Waals surface area (Å²) in [5.41, 5.74) is 2.99. The molecule has 0 fully saturated rings. The summed E-state index contributed by atoms with van der Waals surface area (Å²) < 4.78 is 6.71. The Morgan fingerprint density at radius 2 is 2.00 bits per heavy atom. The number of nitrogens with zero attached hydrogens (tertiary/aromatic N) is 4. The van der Waals surface area contributed by atoms with Gasteiger partial charge in [-0.2, -0.15) is 5.10 Å². The van der Waals surface area contributed by atoms with E-state index in [1.165, 1.54) is 6.33 Å². The molecule has 0 bridgehead atoms. The molecule has 0 saturated heterocycles. The second kappa shape index (κ2) is 6.04. The van der Waals surface area contributed by atoms with Crippen molar-refractivity contribution >= 4 is 5.91 Å². The van der Waals surface area contributed by atoms with Crippen molar-refractivity contribution < 1.29 is 9.32 Å². The summed E-state index contributed by atoms with van der Waals surface area (Å²) in [6.07, 6.45) is 3.12. The van der Waals surface area contributed by atoms with Crippen LogP contribution in [0.1, 0.15) is 40.3 Å². The highest BCUT2D eigenvalue weighted by molar-refractivity contribution is 5.96. The van der Waals surface area contributed by atoms with Gasteiger partial charge in [0, 0.05) is 0 Å². The average Bonchev–Trinajstić information content (AvgIpc) is 3.17. The van der Waals surface area contributed by atoms with Crippen LogP contribution >= 0.6 is 0 Å². The predicted octanol–water partition coefficient (Wildman–Crippen LogP) is 2.36. The maximum Gasteiger partial charge on any atom is 0.257 e. The minimum absolute atomic E-state index is 0.138. The molecule has 0 radical (unpaired) electrons. The van der Waals surface area contributed by atoms with E-state index in [0.29, 0.717) is 17.0 Å². The van der Waals surface area contributed by atoms with E-state index in [1.807, 2.05) is 31.2 Å². The van der Waals surface area contributed by atoms with Crippen molar-refractivity contribution in [2.24, 2.45) is 0 Å². The lowest BCUT2D eigenvalue weighted by Crippen LogP contribution is -2.27. The molecule has 2 aromatic heterocycles. The predicted molar refractivity (Wildman–Crippen MR) is 83.2 cm³/mol. The Balaban J connectivity index is 1.73. The molecule has 118 valence electrons. The molecule has 1 N–H and O–H groups in total. The van der Waals surface area contributed by atoms with Gasteiger partial charge in [0.1, 0.15) is 24.0 Å². The molecule has 1 amide bonds. The molecule has 1 atom stereocenters. The quantitative estimate of drug-likeness (QED) is 0.799. The maximum absolute atomic E-state index is 12.4. The lowest BCUT2D eigenvalue weighted by Gasteiger charge is -2.14. The van der Waals surface area contributed by atoms with E-state index in [0.717, 1.165) is 11.3 Å². The van der Waals surface area contributed by atoms with Crippen molar-refractivity contribution in [1.82, 2.24) is 25.2 Å². The van der Waals surface area contributed by atoms with Crippen LogP contribution in [0, 0.1) is 13.8 Å². The molecule has 0 aliphatic rings. The van der Waals surface area contributed by atoms with Gasteiger partial charge in [0.2, 0.25) is 0 Å². The van der Waals surface area contributed by atoms with Crippen LogP contribution in [0.2, 0.25) is 0 Å². The van der Waals surface area contributed by atoms with Gasteiger partial charge in [-0.25, -0.2) is 9.67 Å². The maximum atomic E-state index is 12.4. The van der Waals surface area contributed by atoms with Crippen LogP contribution in [0.3, 0.4) is 0 Å². The number of carbonyl (C=O) groups is 1. The van der Waals surface area contributed by atoms with E-state index in [2.05, 4.69) is 20.6 Å². The SMILES string of the molecule is Cc1noc(C)c1C(=O)NC(C)c1ccc(-n2cncn2)cc1. The first-order chi connectivity index (χ1) is 11.1. The van der Waals surface area contributed by atoms with E-state index in [4.69, 9.17) is 4.52 Å². The third kappa shape index (κ3) is 2.98. The van der Waals surface area contributed by atoms with Crippen LogP contribution in [-0.4, -0.2) is 25.8 Å². The fourth-order valence-electron chi connectivity index (χ4n) is 2.42. The van der Waals surface area contributed by atoms with E-state index in [1.54, 1.807) is 24.9 Å². The molecule has 3 rings (SSSR count). The van der Waals surface area contributed by atoms with Gasteiger partial charge in [-0.05, 0) is 38.5 Å². The number of nitrogens with one attached hydrogen (secondary N) is 1. The van der Waals surface area contributed by atoms with Gasteiger partial charge < -0.3 is 9.84 Å². The molecule has 7 nitrogen and oxygen atoms in total. The van der Waals surface area contributed by atoms with Crippen molar-refractivity contribution in [1.29, 1.82) is 0 Å². The van der Waals surface area contributed by atoms with Crippen LogP contribution in [-0.2, 0) is 0 Å². The third-order valence-corrected chi connectivity index (χ3v) is 3.68. The summed E-state index contributed by atoms with van der Waals surface area (Å²) in [4.78, 5) is 16.3. The summed E-state index contributed by atoms with van der Waals surface area (Å²) in [5.74, 6) is 0.336. The van der Waals surface area contributed by atoms with Crippen molar-refractivity contribution in [3.63, 3.8) is 0 Å². The molecule has 0 aliphatic heterocycles. The van der Waals surface area contributed by atoms with Crippen molar-refractivity contribution in [2.45, 2.75) is 26.8 Å². The lowest BCUT2D eigenvalue weighted by molar-refractivity contribution is 0.0938. The molecule has 2 heterocycles. The second-order valence-corrected chi connectivity index (χ2v) is 5.33. The Morgan fingerprint density at radius 1 is 1.26 bits per heavy atom. The number of aryl methyl sites for hydroxylation is 2. The number of aromatic nitrogens is 4. The number of amides is 1. The number of hydrogen-bond donors (Lipinski definition) is 1. The summed E-state index contributed by atoms with van der Waals surface area (Å²) >= 11 is 0. The first-order valence-corrected chi connectivity index (χ1v) is 7.25. The Kier molecular flexibility index (Phi) is 3.92. The van der Waals surface area contributed by atoms with Crippen LogP contribution in [0.5, 0.6) is 0 Å². The molecule has 0 aliphatic carbocycles. The van der Waals surface area contributed by atoms with Gasteiger partial charge in [0.25, 0.3) is 5.91 Å². The van der Waals surface area contributed by atoms with Crippen molar-refractivity contribution in [3.05, 3.63) is 59.5 Å². The van der Waals surface area contributed by atoms with Gasteiger partial charge in [0.05, 0.1) is 17.4 Å². The first-order valence-electron chi connectivity index (χ1n) is 7.25. The van der Waals surface area contributed by atoms with E-state index in [9.17, 15) is 4.79 Å². The largest absolute Gasteiger partial charge is 0.361 e. The van der Waals surface area contributed by atoms with Gasteiger partial charge in [0.15, 0.2) is 0 Å². The average molecular weight is 311 g/mol. The zero-order valence-corrected chi connectivity index (χ0v) is 13.1. The minimum atomic E-state index is -0.186. The van der Waals surface area contributed by atoms with E-state index in [-0.39, 0.29) is 11.9 Å². The zero-order valence-electron chi connectivity index (χ0n) is 13.1. The molecule has 0 saturated carbocycles. The number of rotatable bonds is 4. The van der Waals surface area contributed by atoms with Crippen LogP contribution in [0.15, 0.2) is 41.4 Å². The smallest absolute Gasteiger partial charge is 0.257 e. The Hall–Kier alpha value is -2.96. The van der Waals surface area contributed by atoms with Crippen LogP contribution < -0.4 is 5.32 Å². The third-order valence-electron chi connectivity index (χ3n) is 3.68. The number of carbonyl (C=O) groups excluding carboxylic acids is 1. The molecular formula is C16H17N5O2. The molecule has 0 spiro atoms. The topological polar surface area (TPSA) is 85.8 Å². The van der Waals surface area contributed by atoms with Crippen LogP contribution in [0.4, 0.5) is 0 Å². The van der Waals surface area contributed by atoms with E-state index >= 15 is 0 Å². The molecule has 23 heavy (non-hydrogen) atoms. The Labute approximate surface area is 133 Å². The van der Waals surface area contributed by atoms with Gasteiger partial charge >= 0.3 is 0 Å². The highest BCUT2D eigenvalue weighted by Crippen LogP contribution is 2.18. The van der Waals surface area contributed by atoms with Crippen molar-refractivity contribution in [3.8, 4) is 5.69 Å². The summed E-state index contributed by atoms with van der Waals surface area (Å²) in [6.45, 7) is 5.41. The second-order valence-electron chi connectivity index (χ2n) is 5.33. The van der Waals surface area contributed by atoms with E-state index < -0.39 is 0 Å². The monoisotopic (exact) mass is 311 g/mol. The normalized spacial score (nSPS) is 12.1. The number of hydrogen-bond acceptors (Lipinski definition) is 5. The summed E-state index contributed by atoms with van der Waals surface area (Å²) in [5, 5.41) is 10.8.